The van der Waals surface area contributed by atoms with E-state index in [1.165, 1.54) is 35.2 Å². The number of fused-ring (bicyclic) bond motifs is 1. The van der Waals surface area contributed by atoms with E-state index in [1.807, 2.05) is 6.07 Å². The molecule has 0 unspecified atom stereocenters. The zero-order valence-electron chi connectivity index (χ0n) is 15.2. The molecule has 0 saturated carbocycles. The molecule has 3 aromatic rings. The monoisotopic (exact) mass is 438 g/mol. The number of allylic oxidation sites excluding steroid dienone is 1. The van der Waals surface area contributed by atoms with Crippen LogP contribution in [0, 0.1) is 17.1 Å². The molecule has 0 N–H and O–H groups in total. The molecule has 0 fully saturated rings. The first-order valence-corrected chi connectivity index (χ1v) is 10.5. The summed E-state index contributed by atoms with van der Waals surface area (Å²) in [6.07, 6.45) is 1.16. The molecule has 0 spiro atoms. The van der Waals surface area contributed by atoms with E-state index in [4.69, 9.17) is 11.6 Å². The summed E-state index contributed by atoms with van der Waals surface area (Å²) in [5.41, 5.74) is 0.943. The summed E-state index contributed by atoms with van der Waals surface area (Å²) in [6, 6.07) is 17.4. The van der Waals surface area contributed by atoms with Gasteiger partial charge in [0.1, 0.15) is 10.7 Å². The van der Waals surface area contributed by atoms with E-state index < -0.39 is 26.3 Å². The van der Waals surface area contributed by atoms with Crippen molar-refractivity contribution in [1.82, 2.24) is 0 Å². The van der Waals surface area contributed by atoms with Gasteiger partial charge >= 0.3 is 0 Å². The lowest BCUT2D eigenvalue weighted by atomic mass is 10.1. The van der Waals surface area contributed by atoms with Crippen LogP contribution in [0.5, 0.6) is 0 Å². The molecule has 148 valence electrons. The predicted octanol–water partition coefficient (Wildman–Crippen LogP) is 5.00. The van der Waals surface area contributed by atoms with Gasteiger partial charge in [-0.15, -0.1) is 0 Å². The van der Waals surface area contributed by atoms with E-state index in [1.54, 1.807) is 18.2 Å². The smallest absolute Gasteiger partial charge is 0.214 e. The molecule has 0 saturated heterocycles. The Balaban J connectivity index is 1.95. The number of hydrogen-bond acceptors (Lipinski definition) is 5. The average molecular weight is 439 g/mol. The minimum Gasteiger partial charge on any atom is -0.314 e. The van der Waals surface area contributed by atoms with Crippen molar-refractivity contribution < 1.29 is 17.6 Å². The standard InChI is InChI=1S/C22H12ClFN2O3S/c23-16-6-4-15(5-7-16)22(27)21-13-26(18-3-1-2-14(10-18)12-25)19-11-17(24)8-9-20(19)30(21,28)29/h1-11,13H. The quantitative estimate of drug-likeness (QED) is 0.424. The van der Waals surface area contributed by atoms with Crippen molar-refractivity contribution in [2.24, 2.45) is 0 Å². The molecular formula is C22H12ClFN2O3S. The molecule has 5 nitrogen and oxygen atoms in total. The van der Waals surface area contributed by atoms with Crippen LogP contribution in [0.4, 0.5) is 15.8 Å². The largest absolute Gasteiger partial charge is 0.314 e. The van der Waals surface area contributed by atoms with E-state index in [-0.39, 0.29) is 16.1 Å². The highest BCUT2D eigenvalue weighted by atomic mass is 35.5. The van der Waals surface area contributed by atoms with Crippen molar-refractivity contribution in [1.29, 1.82) is 5.26 Å². The first-order valence-electron chi connectivity index (χ1n) is 8.67. The normalized spacial score (nSPS) is 14.4. The molecule has 8 heteroatoms. The number of carbonyl (C=O) groups is 1. The Bertz CT molecular complexity index is 1360. The van der Waals surface area contributed by atoms with Gasteiger partial charge in [0.2, 0.25) is 15.6 Å². The third-order valence-corrected chi connectivity index (χ3v) is 6.64. The maximum atomic E-state index is 14.0. The maximum Gasteiger partial charge on any atom is 0.214 e. The molecule has 0 aliphatic carbocycles. The van der Waals surface area contributed by atoms with Gasteiger partial charge in [-0.05, 0) is 60.7 Å². The Morgan fingerprint density at radius 2 is 1.77 bits per heavy atom. The number of halogens is 2. The van der Waals surface area contributed by atoms with Gasteiger partial charge in [0, 0.05) is 22.5 Å². The Morgan fingerprint density at radius 1 is 1.03 bits per heavy atom. The van der Waals surface area contributed by atoms with Crippen LogP contribution in [0.1, 0.15) is 15.9 Å². The second-order valence-corrected chi connectivity index (χ2v) is 8.80. The van der Waals surface area contributed by atoms with Crippen molar-refractivity contribution in [2.45, 2.75) is 4.90 Å². The molecule has 30 heavy (non-hydrogen) atoms. The van der Waals surface area contributed by atoms with Crippen molar-refractivity contribution in [2.75, 3.05) is 4.90 Å². The number of benzene rings is 3. The highest BCUT2D eigenvalue weighted by Gasteiger charge is 2.36. The first-order chi connectivity index (χ1) is 14.3. The molecule has 0 radical (unpaired) electrons. The maximum absolute atomic E-state index is 14.0. The minimum absolute atomic E-state index is 0.0535. The van der Waals surface area contributed by atoms with Crippen molar-refractivity contribution in [3.8, 4) is 6.07 Å². The summed E-state index contributed by atoms with van der Waals surface area (Å²) in [4.78, 5) is 13.8. The lowest BCUT2D eigenvalue weighted by Gasteiger charge is -2.29. The topological polar surface area (TPSA) is 78.2 Å². The van der Waals surface area contributed by atoms with Gasteiger partial charge in [-0.1, -0.05) is 17.7 Å². The van der Waals surface area contributed by atoms with Crippen LogP contribution in [0.25, 0.3) is 0 Å². The summed E-state index contributed by atoms with van der Waals surface area (Å²) in [6.45, 7) is 0. The van der Waals surface area contributed by atoms with E-state index in [0.717, 1.165) is 24.4 Å². The number of carbonyl (C=O) groups excluding carboxylic acids is 1. The summed E-state index contributed by atoms with van der Waals surface area (Å²) < 4.78 is 40.3. The molecule has 3 aromatic carbocycles. The second-order valence-electron chi connectivity index (χ2n) is 6.48. The number of rotatable bonds is 3. The summed E-state index contributed by atoms with van der Waals surface area (Å²) in [5, 5.41) is 9.59. The zero-order chi connectivity index (χ0) is 21.5. The number of hydrogen-bond donors (Lipinski definition) is 0. The van der Waals surface area contributed by atoms with E-state index in [0.29, 0.717) is 16.3 Å². The van der Waals surface area contributed by atoms with Crippen LogP contribution in [0.3, 0.4) is 0 Å². The van der Waals surface area contributed by atoms with Gasteiger partial charge in [0.05, 0.1) is 22.2 Å². The number of ketones is 1. The van der Waals surface area contributed by atoms with Crippen molar-refractivity contribution in [3.05, 3.63) is 99.8 Å². The van der Waals surface area contributed by atoms with Crippen LogP contribution in [0.15, 0.2) is 82.7 Å². The molecule has 4 rings (SSSR count). The van der Waals surface area contributed by atoms with Gasteiger partial charge in [0.15, 0.2) is 0 Å². The molecule has 0 amide bonds. The minimum atomic E-state index is -4.21. The third-order valence-electron chi connectivity index (χ3n) is 4.59. The third kappa shape index (κ3) is 3.36. The highest BCUT2D eigenvalue weighted by Crippen LogP contribution is 2.41. The SMILES string of the molecule is N#Cc1cccc(N2C=C(C(=O)c3ccc(Cl)cc3)S(=O)(=O)c3ccc(F)cc32)c1. The molecule has 1 aliphatic heterocycles. The second kappa shape index (κ2) is 7.41. The molecular weight excluding hydrogens is 427 g/mol. The molecule has 0 atom stereocenters. The van der Waals surface area contributed by atoms with Crippen LogP contribution in [-0.4, -0.2) is 14.2 Å². The van der Waals surface area contributed by atoms with Gasteiger partial charge in [-0.3, -0.25) is 4.79 Å². The summed E-state index contributed by atoms with van der Waals surface area (Å²) in [5.74, 6) is -1.35. The number of nitriles is 1. The molecule has 1 heterocycles. The molecule has 0 aromatic heterocycles. The van der Waals surface area contributed by atoms with Crippen LogP contribution in [0.2, 0.25) is 5.02 Å². The number of anilines is 2. The highest BCUT2D eigenvalue weighted by molar-refractivity contribution is 7.96. The van der Waals surface area contributed by atoms with Crippen LogP contribution in [-0.2, 0) is 9.84 Å². The fourth-order valence-corrected chi connectivity index (χ4v) is 4.79. The number of Topliss-reactive ketones (excluding diaryl/α,β-unsaturated/α-hetero) is 1. The van der Waals surface area contributed by atoms with Crippen LogP contribution >= 0.6 is 11.6 Å². The fraction of sp³-hybridized carbons (Fsp3) is 0. The Hall–Kier alpha value is -3.47. The zero-order valence-corrected chi connectivity index (χ0v) is 16.8. The van der Waals surface area contributed by atoms with Crippen molar-refractivity contribution in [3.63, 3.8) is 0 Å². The summed E-state index contributed by atoms with van der Waals surface area (Å²) >= 11 is 5.86. The molecule has 1 aliphatic rings. The number of sulfone groups is 1. The van der Waals surface area contributed by atoms with E-state index in [9.17, 15) is 22.9 Å². The lowest BCUT2D eigenvalue weighted by molar-refractivity contribution is 0.104. The van der Waals surface area contributed by atoms with Gasteiger partial charge in [-0.25, -0.2) is 12.8 Å². The van der Waals surface area contributed by atoms with Gasteiger partial charge in [-0.2, -0.15) is 5.26 Å². The number of nitrogens with zero attached hydrogens (tertiary/aromatic N) is 2. The van der Waals surface area contributed by atoms with E-state index in [2.05, 4.69) is 0 Å². The molecule has 0 bridgehead atoms. The van der Waals surface area contributed by atoms with Crippen molar-refractivity contribution >= 4 is 38.6 Å². The predicted molar refractivity (Wildman–Crippen MR) is 111 cm³/mol. The van der Waals surface area contributed by atoms with E-state index >= 15 is 0 Å². The Kier molecular flexibility index (Phi) is 4.90. The Morgan fingerprint density at radius 3 is 2.47 bits per heavy atom. The summed E-state index contributed by atoms with van der Waals surface area (Å²) in [7, 11) is -4.21. The first kappa shape index (κ1) is 19.8. The van der Waals surface area contributed by atoms with Crippen LogP contribution < -0.4 is 4.90 Å². The Labute approximate surface area is 177 Å². The fourth-order valence-electron chi connectivity index (χ4n) is 3.14. The lowest BCUT2D eigenvalue weighted by Crippen LogP contribution is -2.26. The van der Waals surface area contributed by atoms with Gasteiger partial charge in [0.25, 0.3) is 0 Å². The average Bonchev–Trinajstić information content (AvgIpc) is 2.73. The van der Waals surface area contributed by atoms with Gasteiger partial charge < -0.3 is 4.90 Å².